The van der Waals surface area contributed by atoms with E-state index in [0.29, 0.717) is 0 Å². The monoisotopic (exact) mass is 943 g/mol. The second kappa shape index (κ2) is 14.5. The van der Waals surface area contributed by atoms with Crippen molar-refractivity contribution in [2.45, 2.75) is 199 Å². The number of anilines is 6. The summed E-state index contributed by atoms with van der Waals surface area (Å²) in [5.41, 5.74) is 22.6. The van der Waals surface area contributed by atoms with Gasteiger partial charge in [-0.05, 0) is 224 Å². The minimum atomic E-state index is 0.0294. The molecule has 4 heteroatoms. The van der Waals surface area contributed by atoms with Gasteiger partial charge < -0.3 is 9.80 Å². The zero-order chi connectivity index (χ0) is 49.0. The van der Waals surface area contributed by atoms with Crippen LogP contribution in [0.3, 0.4) is 0 Å². The van der Waals surface area contributed by atoms with Crippen molar-refractivity contribution in [2.75, 3.05) is 9.80 Å². The standard InChI is InChI=1S/C66H79BN2S/c1-60(2,3)42-15-18-45(19-16-42)69-55-32-44(66-36-39-27-40(37-66)29-41(28-39)38-66)31-54-57(55)67(59-58(69)47-30-43(61(4,5)6)17-22-56(47)70-59)52-34-50-51(65(13,14)26-25-64(50,11)12)35-53(52)68(54)46-20-21-48-49(33-46)63(9,10)24-23-62(48,7)8/h15-22,30-35,39-41H,23-29,36-38H2,1-14H3. The highest BCUT2D eigenvalue weighted by molar-refractivity contribution is 7.33. The largest absolute Gasteiger partial charge is 0.311 e. The second-order valence-corrected chi connectivity index (χ2v) is 30.1. The fourth-order valence-electron chi connectivity index (χ4n) is 16.2. The maximum absolute atomic E-state index is 2.83. The van der Waals surface area contributed by atoms with Crippen LogP contribution in [0.25, 0.3) is 10.1 Å². The highest BCUT2D eigenvalue weighted by atomic mass is 32.1. The Morgan fingerprint density at radius 2 is 1.00 bits per heavy atom. The molecule has 0 radical (unpaired) electrons. The van der Waals surface area contributed by atoms with Gasteiger partial charge in [0.1, 0.15) is 0 Å². The molecule has 6 aliphatic carbocycles. The zero-order valence-electron chi connectivity index (χ0n) is 45.3. The minimum Gasteiger partial charge on any atom is -0.311 e. The van der Waals surface area contributed by atoms with Crippen molar-refractivity contribution in [3.05, 3.63) is 124 Å². The van der Waals surface area contributed by atoms with Gasteiger partial charge >= 0.3 is 0 Å². The number of rotatable bonds is 3. The third kappa shape index (κ3) is 6.61. The summed E-state index contributed by atoms with van der Waals surface area (Å²) in [6, 6.07) is 36.1. The molecule has 2 aliphatic heterocycles. The molecule has 0 saturated heterocycles. The summed E-state index contributed by atoms with van der Waals surface area (Å²) in [7, 11) is 0. The lowest BCUT2D eigenvalue weighted by Crippen LogP contribution is -2.61. The van der Waals surface area contributed by atoms with Gasteiger partial charge in [-0.15, -0.1) is 11.3 Å². The number of hydrogen-bond acceptors (Lipinski definition) is 3. The third-order valence-corrected chi connectivity index (χ3v) is 21.5. The van der Waals surface area contributed by atoms with E-state index >= 15 is 0 Å². The molecule has 14 rings (SSSR count). The Kier molecular flexibility index (Phi) is 9.43. The first-order valence-electron chi connectivity index (χ1n) is 27.6. The van der Waals surface area contributed by atoms with Crippen LogP contribution in [0.4, 0.5) is 34.1 Å². The molecule has 5 aromatic carbocycles. The number of hydrogen-bond donors (Lipinski definition) is 0. The molecule has 4 bridgehead atoms. The molecule has 0 amide bonds. The molecular weight excluding hydrogens is 864 g/mol. The SMILES string of the molecule is CC(C)(C)c1ccc(N2c3cc(C45CC6CC(CC(C6)C4)C5)cc4c3B(c3cc5c(cc3N4c3ccc4c(c3)C(C)(C)CCC4(C)C)C(C)(C)CCC5(C)C)c3sc4ccc(C(C)(C)C)cc4c32)cc1. The molecule has 8 aliphatic rings. The predicted molar refractivity (Wildman–Crippen MR) is 304 cm³/mol. The number of fused-ring (bicyclic) bond motifs is 8. The Hall–Kier alpha value is -4.28. The molecule has 3 heterocycles. The molecule has 0 unspecified atom stereocenters. The molecule has 1 aromatic heterocycles. The molecular formula is C66H79BN2S. The van der Waals surface area contributed by atoms with Crippen molar-refractivity contribution in [1.29, 1.82) is 0 Å². The predicted octanol–water partition coefficient (Wildman–Crippen LogP) is 16.7. The Bertz CT molecular complexity index is 3140. The maximum Gasteiger partial charge on any atom is 0.264 e. The van der Waals surface area contributed by atoms with Crippen molar-refractivity contribution in [3.8, 4) is 0 Å². The van der Waals surface area contributed by atoms with Gasteiger partial charge in [0.2, 0.25) is 0 Å². The van der Waals surface area contributed by atoms with Gasteiger partial charge in [-0.1, -0.05) is 127 Å². The van der Waals surface area contributed by atoms with E-state index in [1.807, 2.05) is 0 Å². The summed E-state index contributed by atoms with van der Waals surface area (Å²) < 4.78 is 2.90. The molecule has 0 atom stereocenters. The van der Waals surface area contributed by atoms with E-state index in [2.05, 4.69) is 203 Å². The molecule has 0 N–H and O–H groups in total. The lowest BCUT2D eigenvalue weighted by Gasteiger charge is -2.57. The minimum absolute atomic E-state index is 0.0294. The van der Waals surface area contributed by atoms with Crippen LogP contribution in [-0.2, 0) is 37.9 Å². The van der Waals surface area contributed by atoms with Gasteiger partial charge in [-0.25, -0.2) is 0 Å². The highest BCUT2D eigenvalue weighted by Crippen LogP contribution is 2.62. The molecule has 4 saturated carbocycles. The summed E-state index contributed by atoms with van der Waals surface area (Å²) in [5, 5.41) is 1.41. The first-order chi connectivity index (χ1) is 32.8. The summed E-state index contributed by atoms with van der Waals surface area (Å²) >= 11 is 2.07. The van der Waals surface area contributed by atoms with Gasteiger partial charge in [-0.2, -0.15) is 0 Å². The fourth-order valence-corrected chi connectivity index (χ4v) is 17.4. The van der Waals surface area contributed by atoms with Crippen molar-refractivity contribution in [1.82, 2.24) is 0 Å². The average molecular weight is 943 g/mol. The molecule has 70 heavy (non-hydrogen) atoms. The average Bonchev–Trinajstić information content (AvgIpc) is 3.66. The number of thiophene rings is 1. The Labute approximate surface area is 426 Å². The van der Waals surface area contributed by atoms with Gasteiger partial charge in [0.15, 0.2) is 0 Å². The van der Waals surface area contributed by atoms with Gasteiger partial charge in [0.05, 0.1) is 5.69 Å². The third-order valence-electron chi connectivity index (χ3n) is 20.2. The van der Waals surface area contributed by atoms with Crippen LogP contribution < -0.4 is 25.5 Å². The first kappa shape index (κ1) is 45.6. The summed E-state index contributed by atoms with van der Waals surface area (Å²) in [6.45, 7) is 34.4. The molecule has 6 aromatic rings. The Balaban J connectivity index is 1.17. The molecule has 4 fully saturated rings. The van der Waals surface area contributed by atoms with Crippen LogP contribution in [0.2, 0.25) is 0 Å². The number of nitrogens with zero attached hydrogens (tertiary/aromatic N) is 2. The van der Waals surface area contributed by atoms with Crippen LogP contribution in [0.15, 0.2) is 84.9 Å². The zero-order valence-corrected chi connectivity index (χ0v) is 46.1. The van der Waals surface area contributed by atoms with E-state index in [9.17, 15) is 0 Å². The van der Waals surface area contributed by atoms with Gasteiger partial charge in [0.25, 0.3) is 6.71 Å². The van der Waals surface area contributed by atoms with Crippen LogP contribution in [0.5, 0.6) is 0 Å². The molecule has 2 nitrogen and oxygen atoms in total. The van der Waals surface area contributed by atoms with E-state index in [1.54, 1.807) is 16.7 Å². The van der Waals surface area contributed by atoms with Crippen molar-refractivity contribution >= 4 is 78.0 Å². The quantitative estimate of drug-likeness (QED) is 0.163. The van der Waals surface area contributed by atoms with Crippen LogP contribution in [0.1, 0.15) is 200 Å². The van der Waals surface area contributed by atoms with Gasteiger partial charge in [-0.3, -0.25) is 0 Å². The van der Waals surface area contributed by atoms with Crippen molar-refractivity contribution < 1.29 is 0 Å². The smallest absolute Gasteiger partial charge is 0.264 e. The Morgan fingerprint density at radius 1 is 0.500 bits per heavy atom. The van der Waals surface area contributed by atoms with E-state index < -0.39 is 0 Å². The van der Waals surface area contributed by atoms with E-state index in [-0.39, 0.29) is 44.6 Å². The maximum atomic E-state index is 2.83. The van der Waals surface area contributed by atoms with E-state index in [1.165, 1.54) is 146 Å². The lowest BCUT2D eigenvalue weighted by atomic mass is 9.35. The number of benzene rings is 5. The van der Waals surface area contributed by atoms with Crippen molar-refractivity contribution in [3.63, 3.8) is 0 Å². The normalized spacial score (nSPS) is 26.1. The summed E-state index contributed by atoms with van der Waals surface area (Å²) in [6.07, 6.45) is 13.2. The summed E-state index contributed by atoms with van der Waals surface area (Å²) in [4.78, 5) is 5.63. The fraction of sp³-hybridized carbons (Fsp3) is 0.515. The van der Waals surface area contributed by atoms with Crippen molar-refractivity contribution in [2.24, 2.45) is 17.8 Å². The molecule has 0 spiro atoms. The van der Waals surface area contributed by atoms with Crippen LogP contribution >= 0.6 is 11.3 Å². The van der Waals surface area contributed by atoms with Crippen LogP contribution in [-0.4, -0.2) is 6.71 Å². The summed E-state index contributed by atoms with van der Waals surface area (Å²) in [5.74, 6) is 2.57. The van der Waals surface area contributed by atoms with E-state index in [4.69, 9.17) is 0 Å². The van der Waals surface area contributed by atoms with Crippen LogP contribution in [0, 0.1) is 17.8 Å². The first-order valence-corrected chi connectivity index (χ1v) is 28.4. The van der Waals surface area contributed by atoms with Gasteiger partial charge in [0, 0.05) is 43.3 Å². The highest BCUT2D eigenvalue weighted by Gasteiger charge is 2.54. The topological polar surface area (TPSA) is 6.48 Å². The Morgan fingerprint density at radius 3 is 1.57 bits per heavy atom. The van der Waals surface area contributed by atoms with E-state index in [0.717, 1.165) is 17.8 Å². The lowest BCUT2D eigenvalue weighted by molar-refractivity contribution is -0.00514. The molecule has 362 valence electrons. The second-order valence-electron chi connectivity index (χ2n) is 29.0.